The lowest BCUT2D eigenvalue weighted by atomic mass is 10.2. The highest BCUT2D eigenvalue weighted by molar-refractivity contribution is 5.78. The fourth-order valence-corrected chi connectivity index (χ4v) is 0.972. The molecule has 0 saturated heterocycles. The van der Waals surface area contributed by atoms with Gasteiger partial charge in [0.1, 0.15) is 0 Å². The Labute approximate surface area is 94.4 Å². The van der Waals surface area contributed by atoms with Gasteiger partial charge in [0, 0.05) is 13.7 Å². The molecule has 0 aromatic heterocycles. The molecule has 1 unspecified atom stereocenters. The third-order valence-corrected chi connectivity index (χ3v) is 1.78. The van der Waals surface area contributed by atoms with Crippen LogP contribution in [0.15, 0.2) is 0 Å². The van der Waals surface area contributed by atoms with Crippen LogP contribution in [0.2, 0.25) is 0 Å². The van der Waals surface area contributed by atoms with Crippen LogP contribution in [0.1, 0.15) is 6.42 Å². The van der Waals surface area contributed by atoms with Crippen molar-refractivity contribution in [2.24, 2.45) is 0 Å². The van der Waals surface area contributed by atoms with Crippen LogP contribution in [0, 0.1) is 12.3 Å². The molecule has 6 heteroatoms. The second kappa shape index (κ2) is 8.71. The third kappa shape index (κ3) is 7.79. The summed E-state index contributed by atoms with van der Waals surface area (Å²) in [6.07, 6.45) is 4.32. The zero-order chi connectivity index (χ0) is 12.4. The minimum absolute atomic E-state index is 0.105. The molecule has 16 heavy (non-hydrogen) atoms. The topological polar surface area (TPSA) is 87.7 Å². The van der Waals surface area contributed by atoms with Crippen LogP contribution in [0.25, 0.3) is 0 Å². The van der Waals surface area contributed by atoms with Crippen LogP contribution in [0.5, 0.6) is 0 Å². The zero-order valence-electron chi connectivity index (χ0n) is 9.16. The number of hydrogen-bond donors (Lipinski definition) is 3. The molecule has 0 aromatic rings. The third-order valence-electron chi connectivity index (χ3n) is 1.78. The number of amides is 1. The lowest BCUT2D eigenvalue weighted by Crippen LogP contribution is -2.39. The molecule has 3 N–H and O–H groups in total. The highest BCUT2D eigenvalue weighted by Gasteiger charge is 2.12. The van der Waals surface area contributed by atoms with Gasteiger partial charge in [-0.3, -0.25) is 14.9 Å². The molecular formula is C10H16N2O4. The minimum atomic E-state index is -0.966. The van der Waals surface area contributed by atoms with Crippen LogP contribution in [0.3, 0.4) is 0 Å². The number of carboxylic acids is 1. The molecule has 0 aromatic carbocycles. The highest BCUT2D eigenvalue weighted by atomic mass is 16.5. The first-order valence-corrected chi connectivity index (χ1v) is 4.75. The Hall–Kier alpha value is -1.58. The second-order valence-corrected chi connectivity index (χ2v) is 3.07. The second-order valence-electron chi connectivity index (χ2n) is 3.07. The van der Waals surface area contributed by atoms with E-state index >= 15 is 0 Å². The molecule has 0 rings (SSSR count). The number of ether oxygens (including phenoxy) is 1. The van der Waals surface area contributed by atoms with Crippen molar-refractivity contribution in [3.8, 4) is 12.3 Å². The number of carboxylic acid groups (broad SMARTS) is 1. The Morgan fingerprint density at radius 2 is 2.25 bits per heavy atom. The van der Waals surface area contributed by atoms with Gasteiger partial charge in [0.25, 0.3) is 0 Å². The van der Waals surface area contributed by atoms with Crippen molar-refractivity contribution >= 4 is 11.9 Å². The van der Waals surface area contributed by atoms with Crippen molar-refractivity contribution in [2.45, 2.75) is 12.5 Å². The van der Waals surface area contributed by atoms with E-state index in [1.54, 1.807) is 0 Å². The van der Waals surface area contributed by atoms with Crippen LogP contribution >= 0.6 is 0 Å². The van der Waals surface area contributed by atoms with Gasteiger partial charge in [-0.15, -0.1) is 6.42 Å². The van der Waals surface area contributed by atoms with Gasteiger partial charge < -0.3 is 15.2 Å². The number of hydrogen-bond acceptors (Lipinski definition) is 4. The Balaban J connectivity index is 3.71. The SMILES string of the molecule is C#CCNCC(=O)NCC(CC(=O)O)OC. The maximum atomic E-state index is 11.2. The Bertz CT molecular complexity index is 272. The number of nitrogens with one attached hydrogen (secondary N) is 2. The highest BCUT2D eigenvalue weighted by Crippen LogP contribution is 1.94. The van der Waals surface area contributed by atoms with Gasteiger partial charge in [0.15, 0.2) is 0 Å². The molecule has 0 spiro atoms. The first kappa shape index (κ1) is 14.4. The fourth-order valence-electron chi connectivity index (χ4n) is 0.972. The van der Waals surface area contributed by atoms with Crippen molar-refractivity contribution in [3.05, 3.63) is 0 Å². The molecule has 90 valence electrons. The maximum absolute atomic E-state index is 11.2. The first-order valence-electron chi connectivity index (χ1n) is 4.75. The summed E-state index contributed by atoms with van der Waals surface area (Å²) in [5.74, 6) is 1.12. The van der Waals surface area contributed by atoms with Crippen molar-refractivity contribution < 1.29 is 19.4 Å². The molecule has 0 saturated carbocycles. The van der Waals surface area contributed by atoms with Gasteiger partial charge in [-0.05, 0) is 0 Å². The lowest BCUT2D eigenvalue weighted by Gasteiger charge is -2.13. The van der Waals surface area contributed by atoms with Crippen molar-refractivity contribution in [1.29, 1.82) is 0 Å². The molecule has 6 nitrogen and oxygen atoms in total. The average Bonchev–Trinajstić information content (AvgIpc) is 2.24. The number of carbonyl (C=O) groups is 2. The van der Waals surface area contributed by atoms with Crippen molar-refractivity contribution in [2.75, 3.05) is 26.7 Å². The van der Waals surface area contributed by atoms with E-state index in [1.807, 2.05) is 0 Å². The van der Waals surface area contributed by atoms with Crippen LogP contribution < -0.4 is 10.6 Å². The Morgan fingerprint density at radius 3 is 2.75 bits per heavy atom. The quantitative estimate of drug-likeness (QED) is 0.359. The Morgan fingerprint density at radius 1 is 1.56 bits per heavy atom. The Kier molecular flexibility index (Phi) is 7.85. The summed E-state index contributed by atoms with van der Waals surface area (Å²) in [5.41, 5.74) is 0. The largest absolute Gasteiger partial charge is 0.481 e. The van der Waals surface area contributed by atoms with E-state index in [4.69, 9.17) is 16.3 Å². The van der Waals surface area contributed by atoms with Gasteiger partial charge in [-0.25, -0.2) is 0 Å². The van der Waals surface area contributed by atoms with E-state index in [2.05, 4.69) is 16.6 Å². The summed E-state index contributed by atoms with van der Waals surface area (Å²) in [6, 6.07) is 0. The summed E-state index contributed by atoms with van der Waals surface area (Å²) < 4.78 is 4.89. The predicted molar refractivity (Wildman–Crippen MR) is 57.8 cm³/mol. The van der Waals surface area contributed by atoms with E-state index in [1.165, 1.54) is 7.11 Å². The zero-order valence-corrected chi connectivity index (χ0v) is 9.16. The van der Waals surface area contributed by atoms with Gasteiger partial charge in [-0.1, -0.05) is 5.92 Å². The predicted octanol–water partition coefficient (Wildman–Crippen LogP) is -1.18. The van der Waals surface area contributed by atoms with E-state index in [0.29, 0.717) is 6.54 Å². The average molecular weight is 228 g/mol. The minimum Gasteiger partial charge on any atom is -0.481 e. The van der Waals surface area contributed by atoms with Gasteiger partial charge in [-0.2, -0.15) is 0 Å². The van der Waals surface area contributed by atoms with Gasteiger partial charge >= 0.3 is 5.97 Å². The smallest absolute Gasteiger partial charge is 0.306 e. The lowest BCUT2D eigenvalue weighted by molar-refractivity contribution is -0.140. The summed E-state index contributed by atoms with van der Waals surface area (Å²) in [4.78, 5) is 21.6. The first-order chi connectivity index (χ1) is 7.60. The van der Waals surface area contributed by atoms with E-state index in [0.717, 1.165) is 0 Å². The number of rotatable bonds is 8. The van der Waals surface area contributed by atoms with Crippen LogP contribution in [-0.2, 0) is 14.3 Å². The molecule has 0 radical (unpaired) electrons. The molecule has 0 heterocycles. The molecule has 0 aliphatic heterocycles. The molecular weight excluding hydrogens is 212 g/mol. The van der Waals surface area contributed by atoms with Crippen molar-refractivity contribution in [3.63, 3.8) is 0 Å². The van der Waals surface area contributed by atoms with Crippen molar-refractivity contribution in [1.82, 2.24) is 10.6 Å². The van der Waals surface area contributed by atoms with Gasteiger partial charge in [0.2, 0.25) is 5.91 Å². The number of carbonyl (C=O) groups excluding carboxylic acids is 1. The van der Waals surface area contributed by atoms with E-state index < -0.39 is 12.1 Å². The summed E-state index contributed by atoms with van der Waals surface area (Å²) in [7, 11) is 1.40. The van der Waals surface area contributed by atoms with E-state index in [-0.39, 0.29) is 25.4 Å². The molecule has 0 bridgehead atoms. The molecule has 0 aliphatic carbocycles. The van der Waals surface area contributed by atoms with Crippen LogP contribution in [-0.4, -0.2) is 49.8 Å². The number of aliphatic carboxylic acids is 1. The monoisotopic (exact) mass is 228 g/mol. The molecule has 0 aliphatic rings. The fraction of sp³-hybridized carbons (Fsp3) is 0.600. The summed E-state index contributed by atoms with van der Waals surface area (Å²) in [6.45, 7) is 0.587. The number of methoxy groups -OCH3 is 1. The summed E-state index contributed by atoms with van der Waals surface area (Å²) >= 11 is 0. The summed E-state index contributed by atoms with van der Waals surface area (Å²) in [5, 5.41) is 13.8. The van der Waals surface area contributed by atoms with Gasteiger partial charge in [0.05, 0.1) is 25.6 Å². The molecule has 0 fully saturated rings. The molecule has 1 amide bonds. The van der Waals surface area contributed by atoms with Crippen LogP contribution in [0.4, 0.5) is 0 Å². The standard InChI is InChI=1S/C10H16N2O4/c1-3-4-11-7-9(13)12-6-8(16-2)5-10(14)15/h1,8,11H,4-7H2,2H3,(H,12,13)(H,14,15). The molecule has 1 atom stereocenters. The maximum Gasteiger partial charge on any atom is 0.306 e. The van der Waals surface area contributed by atoms with E-state index in [9.17, 15) is 9.59 Å². The number of terminal acetylenes is 1. The normalized spacial score (nSPS) is 11.5.